The topological polar surface area (TPSA) is 59.1 Å². The minimum Gasteiger partial charge on any atom is -0.508 e. The van der Waals surface area contributed by atoms with Crippen LogP contribution >= 0.6 is 11.3 Å². The Kier molecular flexibility index (Phi) is 2.70. The zero-order chi connectivity index (χ0) is 10.8. The van der Waals surface area contributed by atoms with Crippen LogP contribution in [0.2, 0.25) is 0 Å². The third-order valence-electron chi connectivity index (χ3n) is 2.10. The van der Waals surface area contributed by atoms with E-state index in [4.69, 9.17) is 10.8 Å². The lowest BCUT2D eigenvalue weighted by Crippen LogP contribution is -2.04. The van der Waals surface area contributed by atoms with Crippen molar-refractivity contribution in [3.63, 3.8) is 0 Å². The van der Waals surface area contributed by atoms with Gasteiger partial charge in [-0.1, -0.05) is 0 Å². The van der Waals surface area contributed by atoms with Crippen molar-refractivity contribution in [2.45, 2.75) is 13.0 Å². The Balaban J connectivity index is 2.33. The van der Waals surface area contributed by atoms with Crippen LogP contribution in [0.1, 0.15) is 18.7 Å². The molecule has 1 atom stereocenters. The second-order valence-electron chi connectivity index (χ2n) is 3.41. The molecule has 78 valence electrons. The van der Waals surface area contributed by atoms with Gasteiger partial charge in [0, 0.05) is 17.0 Å². The average Bonchev–Trinajstić information content (AvgIpc) is 2.68. The normalized spacial score (nSPS) is 12.7. The van der Waals surface area contributed by atoms with Crippen molar-refractivity contribution in [3.8, 4) is 16.3 Å². The van der Waals surface area contributed by atoms with E-state index in [0.717, 1.165) is 16.3 Å². The first-order valence-electron chi connectivity index (χ1n) is 4.67. The van der Waals surface area contributed by atoms with Crippen molar-refractivity contribution in [2.24, 2.45) is 5.73 Å². The molecule has 3 N–H and O–H groups in total. The molecular weight excluding hydrogens is 208 g/mol. The Bertz CT molecular complexity index is 448. The summed E-state index contributed by atoms with van der Waals surface area (Å²) in [4.78, 5) is 4.42. The Morgan fingerprint density at radius 1 is 1.33 bits per heavy atom. The third-order valence-corrected chi connectivity index (χ3v) is 3.01. The third kappa shape index (κ3) is 2.16. The van der Waals surface area contributed by atoms with Crippen LogP contribution in [0.25, 0.3) is 10.6 Å². The van der Waals surface area contributed by atoms with Gasteiger partial charge in [-0.2, -0.15) is 0 Å². The number of phenols is 1. The fourth-order valence-electron chi connectivity index (χ4n) is 1.23. The lowest BCUT2D eigenvalue weighted by Gasteiger charge is -1.98. The van der Waals surface area contributed by atoms with E-state index in [1.807, 2.05) is 24.4 Å². The van der Waals surface area contributed by atoms with Crippen molar-refractivity contribution in [1.82, 2.24) is 4.98 Å². The van der Waals surface area contributed by atoms with Gasteiger partial charge in [-0.25, -0.2) is 4.98 Å². The van der Waals surface area contributed by atoms with Gasteiger partial charge in [0.05, 0.1) is 5.69 Å². The maximum absolute atomic E-state index is 9.16. The van der Waals surface area contributed by atoms with Crippen molar-refractivity contribution < 1.29 is 5.11 Å². The molecule has 0 fully saturated rings. The number of benzene rings is 1. The highest BCUT2D eigenvalue weighted by Crippen LogP contribution is 2.26. The molecule has 1 heterocycles. The Labute approximate surface area is 92.2 Å². The van der Waals surface area contributed by atoms with E-state index in [1.165, 1.54) is 0 Å². The summed E-state index contributed by atoms with van der Waals surface area (Å²) in [6, 6.07) is 6.97. The van der Waals surface area contributed by atoms with E-state index in [9.17, 15) is 0 Å². The lowest BCUT2D eigenvalue weighted by atomic mass is 10.2. The molecule has 0 aliphatic carbocycles. The minimum atomic E-state index is -0.0351. The summed E-state index contributed by atoms with van der Waals surface area (Å²) in [5, 5.41) is 12.1. The van der Waals surface area contributed by atoms with Crippen molar-refractivity contribution >= 4 is 11.3 Å². The summed E-state index contributed by atoms with van der Waals surface area (Å²) < 4.78 is 0. The predicted molar refractivity (Wildman–Crippen MR) is 61.8 cm³/mol. The van der Waals surface area contributed by atoms with E-state index in [0.29, 0.717) is 0 Å². The highest BCUT2D eigenvalue weighted by molar-refractivity contribution is 7.13. The van der Waals surface area contributed by atoms with Gasteiger partial charge in [-0.3, -0.25) is 0 Å². The molecule has 3 nitrogen and oxygen atoms in total. The van der Waals surface area contributed by atoms with Gasteiger partial charge >= 0.3 is 0 Å². The zero-order valence-electron chi connectivity index (χ0n) is 8.34. The summed E-state index contributed by atoms with van der Waals surface area (Å²) in [6.45, 7) is 1.91. The molecule has 2 aromatic rings. The molecule has 0 spiro atoms. The largest absolute Gasteiger partial charge is 0.508 e. The van der Waals surface area contributed by atoms with Crippen LogP contribution in [0, 0.1) is 0 Å². The molecule has 0 saturated heterocycles. The van der Waals surface area contributed by atoms with Crippen molar-refractivity contribution in [2.75, 3.05) is 0 Å². The maximum atomic E-state index is 9.16. The molecule has 15 heavy (non-hydrogen) atoms. The number of hydrogen-bond acceptors (Lipinski definition) is 4. The highest BCUT2D eigenvalue weighted by atomic mass is 32.1. The first-order chi connectivity index (χ1) is 7.16. The molecule has 0 aliphatic heterocycles. The summed E-state index contributed by atoms with van der Waals surface area (Å²) in [5.74, 6) is 0.266. The van der Waals surface area contributed by atoms with Crippen molar-refractivity contribution in [1.29, 1.82) is 0 Å². The number of nitrogens with two attached hydrogens (primary N) is 1. The minimum absolute atomic E-state index is 0.0351. The van der Waals surface area contributed by atoms with Gasteiger partial charge in [0.25, 0.3) is 0 Å². The molecule has 0 bridgehead atoms. The quantitative estimate of drug-likeness (QED) is 0.817. The van der Waals surface area contributed by atoms with Gasteiger partial charge in [0.2, 0.25) is 0 Å². The number of phenolic OH excluding ortho intramolecular Hbond substituents is 1. The van der Waals surface area contributed by atoms with Crippen LogP contribution in [-0.2, 0) is 0 Å². The highest BCUT2D eigenvalue weighted by Gasteiger charge is 2.07. The standard InChI is InChI=1S/C11H12N2OS/c1-7(12)10-6-15-11(13-10)8-2-4-9(14)5-3-8/h2-7,14H,12H2,1H3. The summed E-state index contributed by atoms with van der Waals surface area (Å²) in [7, 11) is 0. The number of thiazole rings is 1. The first kappa shape index (κ1) is 10.1. The van der Waals surface area contributed by atoms with E-state index < -0.39 is 0 Å². The molecule has 0 saturated carbocycles. The van der Waals surface area contributed by atoms with Gasteiger partial charge in [0.15, 0.2) is 0 Å². The number of aromatic nitrogens is 1. The predicted octanol–water partition coefficient (Wildman–Crippen LogP) is 2.54. The van der Waals surface area contributed by atoms with Gasteiger partial charge in [0.1, 0.15) is 10.8 Å². The second-order valence-corrected chi connectivity index (χ2v) is 4.27. The molecule has 0 radical (unpaired) electrons. The SMILES string of the molecule is CC(N)c1csc(-c2ccc(O)cc2)n1. The fraction of sp³-hybridized carbons (Fsp3) is 0.182. The number of nitrogens with zero attached hydrogens (tertiary/aromatic N) is 1. The van der Waals surface area contributed by atoms with Gasteiger partial charge < -0.3 is 10.8 Å². The van der Waals surface area contributed by atoms with Crippen LogP contribution in [-0.4, -0.2) is 10.1 Å². The Hall–Kier alpha value is -1.39. The van der Waals surface area contributed by atoms with Gasteiger partial charge in [-0.05, 0) is 31.2 Å². The van der Waals surface area contributed by atoms with Crippen molar-refractivity contribution in [3.05, 3.63) is 35.3 Å². The van der Waals surface area contributed by atoms with Crippen LogP contribution in [0.5, 0.6) is 5.75 Å². The van der Waals surface area contributed by atoms with E-state index >= 15 is 0 Å². The first-order valence-corrected chi connectivity index (χ1v) is 5.55. The monoisotopic (exact) mass is 220 g/mol. The number of rotatable bonds is 2. The number of hydrogen-bond donors (Lipinski definition) is 2. The summed E-state index contributed by atoms with van der Waals surface area (Å²) in [5.41, 5.74) is 7.64. The zero-order valence-corrected chi connectivity index (χ0v) is 9.16. The molecular formula is C11H12N2OS. The Morgan fingerprint density at radius 2 is 2.00 bits per heavy atom. The molecule has 2 rings (SSSR count). The second kappa shape index (κ2) is 4.00. The molecule has 0 amide bonds. The smallest absolute Gasteiger partial charge is 0.123 e. The van der Waals surface area contributed by atoms with Crippen LogP contribution in [0.4, 0.5) is 0 Å². The summed E-state index contributed by atoms with van der Waals surface area (Å²) >= 11 is 1.56. The summed E-state index contributed by atoms with van der Waals surface area (Å²) in [6.07, 6.45) is 0. The molecule has 0 aliphatic rings. The molecule has 1 aromatic carbocycles. The van der Waals surface area contributed by atoms with Crippen LogP contribution in [0.15, 0.2) is 29.6 Å². The Morgan fingerprint density at radius 3 is 2.53 bits per heavy atom. The molecule has 4 heteroatoms. The van der Waals surface area contributed by atoms with E-state index in [-0.39, 0.29) is 11.8 Å². The number of aromatic hydroxyl groups is 1. The molecule has 1 aromatic heterocycles. The molecule has 1 unspecified atom stereocenters. The van der Waals surface area contributed by atoms with Crippen LogP contribution in [0.3, 0.4) is 0 Å². The fourth-order valence-corrected chi connectivity index (χ4v) is 2.16. The van der Waals surface area contributed by atoms with Gasteiger partial charge in [-0.15, -0.1) is 11.3 Å². The lowest BCUT2D eigenvalue weighted by molar-refractivity contribution is 0.475. The van der Waals surface area contributed by atoms with E-state index in [2.05, 4.69) is 4.98 Å². The average molecular weight is 220 g/mol. The van der Waals surface area contributed by atoms with Crippen LogP contribution < -0.4 is 5.73 Å². The van der Waals surface area contributed by atoms with E-state index in [1.54, 1.807) is 23.5 Å². The maximum Gasteiger partial charge on any atom is 0.123 e.